The predicted octanol–water partition coefficient (Wildman–Crippen LogP) is 0.947. The summed E-state index contributed by atoms with van der Waals surface area (Å²) in [5.74, 6) is -0.479. The van der Waals surface area contributed by atoms with E-state index in [0.29, 0.717) is 6.42 Å². The molecule has 16 heavy (non-hydrogen) atoms. The molecule has 0 fully saturated rings. The molecule has 0 spiro atoms. The summed E-state index contributed by atoms with van der Waals surface area (Å²) in [6.45, 7) is 0. The van der Waals surface area contributed by atoms with Gasteiger partial charge < -0.3 is 15.8 Å². The molecule has 1 amide bonds. The van der Waals surface area contributed by atoms with Crippen molar-refractivity contribution in [2.75, 3.05) is 0 Å². The van der Waals surface area contributed by atoms with Gasteiger partial charge in [0.1, 0.15) is 0 Å². The standard InChI is InChI=1S/C12H14N2O2/c13-12(16)6-9(15)5-8-7-14-11-4-2-1-3-10(8)11/h1-4,7,9,14-15H,5-6H2,(H2,13,16). The fraction of sp³-hybridized carbons (Fsp3) is 0.250. The smallest absolute Gasteiger partial charge is 0.220 e. The van der Waals surface area contributed by atoms with Crippen LogP contribution in [0.1, 0.15) is 12.0 Å². The average molecular weight is 218 g/mol. The van der Waals surface area contributed by atoms with Gasteiger partial charge in [0.15, 0.2) is 0 Å². The van der Waals surface area contributed by atoms with Gasteiger partial charge in [0.05, 0.1) is 12.5 Å². The number of fused-ring (bicyclic) bond motifs is 1. The molecule has 4 heteroatoms. The molecule has 1 heterocycles. The Morgan fingerprint density at radius 2 is 2.19 bits per heavy atom. The van der Waals surface area contributed by atoms with Crippen molar-refractivity contribution < 1.29 is 9.90 Å². The molecule has 0 saturated carbocycles. The Morgan fingerprint density at radius 3 is 2.94 bits per heavy atom. The Balaban J connectivity index is 2.18. The molecule has 0 radical (unpaired) electrons. The van der Waals surface area contributed by atoms with Crippen molar-refractivity contribution in [2.24, 2.45) is 5.73 Å². The van der Waals surface area contributed by atoms with Gasteiger partial charge in [-0.25, -0.2) is 0 Å². The van der Waals surface area contributed by atoms with Crippen molar-refractivity contribution in [3.63, 3.8) is 0 Å². The molecule has 4 nitrogen and oxygen atoms in total. The third-order valence-corrected chi connectivity index (χ3v) is 2.57. The minimum atomic E-state index is -0.711. The lowest BCUT2D eigenvalue weighted by Crippen LogP contribution is -2.21. The maximum absolute atomic E-state index is 10.7. The number of nitrogens with two attached hydrogens (primary N) is 1. The zero-order valence-electron chi connectivity index (χ0n) is 8.81. The van der Waals surface area contributed by atoms with Crippen LogP contribution < -0.4 is 5.73 Å². The van der Waals surface area contributed by atoms with Crippen LogP contribution in [0.25, 0.3) is 10.9 Å². The van der Waals surface area contributed by atoms with E-state index in [9.17, 15) is 9.90 Å². The molecule has 2 rings (SSSR count). The molecule has 0 aliphatic carbocycles. The van der Waals surface area contributed by atoms with Gasteiger partial charge in [-0.1, -0.05) is 18.2 Å². The van der Waals surface area contributed by atoms with Gasteiger partial charge in [-0.3, -0.25) is 4.79 Å². The summed E-state index contributed by atoms with van der Waals surface area (Å²) in [5.41, 5.74) is 7.06. The van der Waals surface area contributed by atoms with Crippen molar-refractivity contribution in [1.29, 1.82) is 0 Å². The molecule has 2 aromatic rings. The summed E-state index contributed by atoms with van der Waals surface area (Å²) >= 11 is 0. The Kier molecular flexibility index (Phi) is 2.92. The molecular formula is C12H14N2O2. The van der Waals surface area contributed by atoms with Gasteiger partial charge in [-0.2, -0.15) is 0 Å². The topological polar surface area (TPSA) is 79.1 Å². The second-order valence-electron chi connectivity index (χ2n) is 3.89. The van der Waals surface area contributed by atoms with E-state index in [2.05, 4.69) is 4.98 Å². The van der Waals surface area contributed by atoms with Crippen molar-refractivity contribution in [1.82, 2.24) is 4.98 Å². The van der Waals surface area contributed by atoms with E-state index in [-0.39, 0.29) is 6.42 Å². The van der Waals surface area contributed by atoms with Crippen LogP contribution in [-0.2, 0) is 11.2 Å². The number of hydrogen-bond acceptors (Lipinski definition) is 2. The van der Waals surface area contributed by atoms with Crippen LogP contribution in [0.15, 0.2) is 30.5 Å². The van der Waals surface area contributed by atoms with Crippen molar-refractivity contribution in [2.45, 2.75) is 18.9 Å². The van der Waals surface area contributed by atoms with Crippen molar-refractivity contribution in [3.05, 3.63) is 36.0 Å². The highest BCUT2D eigenvalue weighted by molar-refractivity contribution is 5.83. The number of amides is 1. The summed E-state index contributed by atoms with van der Waals surface area (Å²) < 4.78 is 0. The molecule has 1 unspecified atom stereocenters. The molecule has 0 aliphatic heterocycles. The van der Waals surface area contributed by atoms with E-state index >= 15 is 0 Å². The number of benzene rings is 1. The quantitative estimate of drug-likeness (QED) is 0.714. The Bertz CT molecular complexity index is 504. The summed E-state index contributed by atoms with van der Waals surface area (Å²) in [4.78, 5) is 13.8. The lowest BCUT2D eigenvalue weighted by atomic mass is 10.0. The number of rotatable bonds is 4. The first kappa shape index (κ1) is 10.7. The largest absolute Gasteiger partial charge is 0.392 e. The second-order valence-corrected chi connectivity index (χ2v) is 3.89. The van der Waals surface area contributed by atoms with Crippen LogP contribution in [0.4, 0.5) is 0 Å². The molecule has 0 aliphatic rings. The van der Waals surface area contributed by atoms with Gasteiger partial charge in [-0.05, 0) is 11.6 Å². The lowest BCUT2D eigenvalue weighted by molar-refractivity contribution is -0.119. The SMILES string of the molecule is NC(=O)CC(O)Cc1c[nH]c2ccccc12. The number of nitrogens with one attached hydrogen (secondary N) is 1. The van der Waals surface area contributed by atoms with E-state index in [0.717, 1.165) is 16.5 Å². The van der Waals surface area contributed by atoms with E-state index < -0.39 is 12.0 Å². The molecule has 0 saturated heterocycles. The number of para-hydroxylation sites is 1. The zero-order valence-corrected chi connectivity index (χ0v) is 8.81. The van der Waals surface area contributed by atoms with Gasteiger partial charge in [0.25, 0.3) is 0 Å². The second kappa shape index (κ2) is 4.37. The number of aliphatic hydroxyl groups is 1. The van der Waals surface area contributed by atoms with Crippen molar-refractivity contribution >= 4 is 16.8 Å². The number of aromatic nitrogens is 1. The number of carbonyl (C=O) groups is 1. The highest BCUT2D eigenvalue weighted by atomic mass is 16.3. The van der Waals surface area contributed by atoms with Gasteiger partial charge in [0, 0.05) is 23.5 Å². The van der Waals surface area contributed by atoms with E-state index in [1.54, 1.807) is 0 Å². The van der Waals surface area contributed by atoms with Crippen molar-refractivity contribution in [3.8, 4) is 0 Å². The normalized spacial score (nSPS) is 12.8. The van der Waals surface area contributed by atoms with Crippen LogP contribution >= 0.6 is 0 Å². The monoisotopic (exact) mass is 218 g/mol. The average Bonchev–Trinajstić information content (AvgIpc) is 2.61. The third kappa shape index (κ3) is 2.23. The van der Waals surface area contributed by atoms with E-state index in [1.165, 1.54) is 0 Å². The highest BCUT2D eigenvalue weighted by Crippen LogP contribution is 2.19. The maximum atomic E-state index is 10.7. The molecule has 1 aromatic carbocycles. The van der Waals surface area contributed by atoms with E-state index in [4.69, 9.17) is 5.73 Å². The number of H-pyrrole nitrogens is 1. The summed E-state index contributed by atoms with van der Waals surface area (Å²) in [6.07, 6.45) is 1.58. The third-order valence-electron chi connectivity index (χ3n) is 2.57. The van der Waals surface area contributed by atoms with Gasteiger partial charge in [-0.15, -0.1) is 0 Å². The number of aromatic amines is 1. The lowest BCUT2D eigenvalue weighted by Gasteiger charge is -2.06. The maximum Gasteiger partial charge on any atom is 0.220 e. The Hall–Kier alpha value is -1.81. The molecular weight excluding hydrogens is 204 g/mol. The Labute approximate surface area is 93.1 Å². The summed E-state index contributed by atoms with van der Waals surface area (Å²) in [7, 11) is 0. The molecule has 4 N–H and O–H groups in total. The first-order chi connectivity index (χ1) is 7.66. The molecule has 84 valence electrons. The van der Waals surface area contributed by atoms with Crippen LogP contribution in [0.2, 0.25) is 0 Å². The van der Waals surface area contributed by atoms with Gasteiger partial charge >= 0.3 is 0 Å². The number of primary amides is 1. The highest BCUT2D eigenvalue weighted by Gasteiger charge is 2.11. The first-order valence-electron chi connectivity index (χ1n) is 5.18. The summed E-state index contributed by atoms with van der Waals surface area (Å²) in [6, 6.07) is 7.85. The van der Waals surface area contributed by atoms with Crippen LogP contribution in [0.5, 0.6) is 0 Å². The minimum Gasteiger partial charge on any atom is -0.392 e. The predicted molar refractivity (Wildman–Crippen MR) is 61.8 cm³/mol. The van der Waals surface area contributed by atoms with E-state index in [1.807, 2.05) is 30.5 Å². The molecule has 0 bridgehead atoms. The number of hydrogen-bond donors (Lipinski definition) is 3. The number of aliphatic hydroxyl groups excluding tert-OH is 1. The molecule has 1 atom stereocenters. The van der Waals surface area contributed by atoms with Crippen LogP contribution in [-0.4, -0.2) is 22.1 Å². The molecule has 1 aromatic heterocycles. The fourth-order valence-electron chi connectivity index (χ4n) is 1.86. The van der Waals surface area contributed by atoms with Gasteiger partial charge in [0.2, 0.25) is 5.91 Å². The van der Waals surface area contributed by atoms with Crippen LogP contribution in [0, 0.1) is 0 Å². The minimum absolute atomic E-state index is 0.000489. The Morgan fingerprint density at radius 1 is 1.44 bits per heavy atom. The zero-order chi connectivity index (χ0) is 11.5. The summed E-state index contributed by atoms with van der Waals surface area (Å²) in [5, 5.41) is 10.7. The first-order valence-corrected chi connectivity index (χ1v) is 5.18. The fourth-order valence-corrected chi connectivity index (χ4v) is 1.86. The number of carbonyl (C=O) groups excluding carboxylic acids is 1. The van der Waals surface area contributed by atoms with Crippen LogP contribution in [0.3, 0.4) is 0 Å².